The molecule has 0 atom stereocenters. The Labute approximate surface area is 129 Å². The second-order valence-electron chi connectivity index (χ2n) is 4.32. The number of ether oxygens (including phenoxy) is 2. The molecule has 0 amide bonds. The Kier molecular flexibility index (Phi) is 5.77. The SMILES string of the molecule is C#CCOC(=O)/C=C/c1ccc(OCc2ccccn2)cc1. The molecule has 4 nitrogen and oxygen atoms in total. The average molecular weight is 293 g/mol. The third-order valence-corrected chi connectivity index (χ3v) is 2.70. The molecule has 1 heterocycles. The molecule has 0 aliphatic rings. The zero-order valence-electron chi connectivity index (χ0n) is 11.9. The molecule has 0 saturated carbocycles. The summed E-state index contributed by atoms with van der Waals surface area (Å²) in [5.74, 6) is 2.50. The molecular formula is C18H15NO3. The molecule has 1 aromatic heterocycles. The molecule has 2 aromatic rings. The van der Waals surface area contributed by atoms with Crippen LogP contribution in [0.15, 0.2) is 54.7 Å². The van der Waals surface area contributed by atoms with Crippen LogP contribution in [0.25, 0.3) is 6.08 Å². The number of benzene rings is 1. The van der Waals surface area contributed by atoms with Gasteiger partial charge in [0.15, 0.2) is 6.61 Å². The van der Waals surface area contributed by atoms with Crippen molar-refractivity contribution in [2.75, 3.05) is 6.61 Å². The summed E-state index contributed by atoms with van der Waals surface area (Å²) in [5, 5.41) is 0. The fraction of sp³-hybridized carbons (Fsp3) is 0.111. The predicted octanol–water partition coefficient (Wildman–Crippen LogP) is 2.85. The quantitative estimate of drug-likeness (QED) is 0.467. The number of rotatable bonds is 6. The molecule has 110 valence electrons. The Morgan fingerprint density at radius 3 is 2.73 bits per heavy atom. The van der Waals surface area contributed by atoms with Crippen LogP contribution in [0.1, 0.15) is 11.3 Å². The standard InChI is InChI=1S/C18H15NO3/c1-2-13-21-18(20)11-8-15-6-9-17(10-7-15)22-14-16-5-3-4-12-19-16/h1,3-12H,13-14H2/b11-8+. The molecule has 2 rings (SSSR count). The predicted molar refractivity (Wildman–Crippen MR) is 83.8 cm³/mol. The highest BCUT2D eigenvalue weighted by atomic mass is 16.5. The molecule has 0 aliphatic carbocycles. The van der Waals surface area contributed by atoms with Gasteiger partial charge in [-0.05, 0) is 35.9 Å². The molecule has 22 heavy (non-hydrogen) atoms. The van der Waals surface area contributed by atoms with Crippen molar-refractivity contribution in [3.63, 3.8) is 0 Å². The van der Waals surface area contributed by atoms with Crippen LogP contribution in [0, 0.1) is 12.3 Å². The second-order valence-corrected chi connectivity index (χ2v) is 4.32. The molecule has 0 unspecified atom stereocenters. The highest BCUT2D eigenvalue weighted by Crippen LogP contribution is 2.14. The summed E-state index contributed by atoms with van der Waals surface area (Å²) in [7, 11) is 0. The molecule has 0 aliphatic heterocycles. The molecule has 0 spiro atoms. The first-order valence-electron chi connectivity index (χ1n) is 6.69. The lowest BCUT2D eigenvalue weighted by Gasteiger charge is -2.05. The lowest BCUT2D eigenvalue weighted by atomic mass is 10.2. The topological polar surface area (TPSA) is 48.4 Å². The van der Waals surface area contributed by atoms with Gasteiger partial charge in [-0.25, -0.2) is 4.79 Å². The maximum absolute atomic E-state index is 11.3. The number of pyridine rings is 1. The second kappa shape index (κ2) is 8.28. The van der Waals surface area contributed by atoms with Gasteiger partial charge < -0.3 is 9.47 Å². The first kappa shape index (κ1) is 15.3. The number of nitrogens with zero attached hydrogens (tertiary/aromatic N) is 1. The number of carbonyl (C=O) groups is 1. The van der Waals surface area contributed by atoms with E-state index in [1.165, 1.54) is 6.08 Å². The highest BCUT2D eigenvalue weighted by Gasteiger charge is 1.98. The van der Waals surface area contributed by atoms with Gasteiger partial charge in [0.2, 0.25) is 0 Å². The molecule has 0 N–H and O–H groups in total. The van der Waals surface area contributed by atoms with E-state index < -0.39 is 5.97 Å². The van der Waals surface area contributed by atoms with Gasteiger partial charge in [-0.1, -0.05) is 24.1 Å². The average Bonchev–Trinajstić information content (AvgIpc) is 2.58. The minimum Gasteiger partial charge on any atom is -0.487 e. The molecule has 0 bridgehead atoms. The van der Waals surface area contributed by atoms with E-state index in [-0.39, 0.29) is 6.61 Å². The molecule has 0 saturated heterocycles. The van der Waals surface area contributed by atoms with E-state index in [0.717, 1.165) is 17.0 Å². The monoisotopic (exact) mass is 293 g/mol. The van der Waals surface area contributed by atoms with E-state index >= 15 is 0 Å². The number of hydrogen-bond donors (Lipinski definition) is 0. The fourth-order valence-corrected chi connectivity index (χ4v) is 1.64. The van der Waals surface area contributed by atoms with Crippen LogP contribution in [0.4, 0.5) is 0 Å². The van der Waals surface area contributed by atoms with Crippen LogP contribution < -0.4 is 4.74 Å². The summed E-state index contributed by atoms with van der Waals surface area (Å²) >= 11 is 0. The summed E-state index contributed by atoms with van der Waals surface area (Å²) in [6, 6.07) is 13.0. The van der Waals surface area contributed by atoms with Gasteiger partial charge in [0.1, 0.15) is 12.4 Å². The van der Waals surface area contributed by atoms with Gasteiger partial charge in [-0.3, -0.25) is 4.98 Å². The van der Waals surface area contributed by atoms with Crippen molar-refractivity contribution in [1.29, 1.82) is 0 Å². The van der Waals surface area contributed by atoms with Crippen molar-refractivity contribution in [3.05, 3.63) is 66.0 Å². The maximum atomic E-state index is 11.3. The summed E-state index contributed by atoms with van der Waals surface area (Å²) < 4.78 is 10.4. The zero-order chi connectivity index (χ0) is 15.6. The Balaban J connectivity index is 1.86. The lowest BCUT2D eigenvalue weighted by Crippen LogP contribution is -1.99. The van der Waals surface area contributed by atoms with Gasteiger partial charge in [0.05, 0.1) is 5.69 Å². The molecule has 1 aromatic carbocycles. The zero-order valence-corrected chi connectivity index (χ0v) is 11.9. The Morgan fingerprint density at radius 1 is 1.23 bits per heavy atom. The normalized spacial score (nSPS) is 10.1. The van der Waals surface area contributed by atoms with E-state index in [2.05, 4.69) is 10.9 Å². The summed E-state index contributed by atoms with van der Waals surface area (Å²) in [6.07, 6.45) is 9.72. The Bertz CT molecular complexity index is 670. The van der Waals surface area contributed by atoms with Crippen LogP contribution in [0.3, 0.4) is 0 Å². The van der Waals surface area contributed by atoms with Crippen LogP contribution in [-0.4, -0.2) is 17.6 Å². The first-order chi connectivity index (χ1) is 10.8. The molecule has 0 fully saturated rings. The van der Waals surface area contributed by atoms with Gasteiger partial charge in [0.25, 0.3) is 0 Å². The van der Waals surface area contributed by atoms with E-state index in [4.69, 9.17) is 15.9 Å². The number of esters is 1. The third kappa shape index (κ3) is 5.14. The van der Waals surface area contributed by atoms with Crippen LogP contribution in [0.2, 0.25) is 0 Å². The van der Waals surface area contributed by atoms with E-state index in [1.54, 1.807) is 12.3 Å². The van der Waals surface area contributed by atoms with Crippen LogP contribution in [-0.2, 0) is 16.1 Å². The van der Waals surface area contributed by atoms with Crippen LogP contribution in [0.5, 0.6) is 5.75 Å². The fourth-order valence-electron chi connectivity index (χ4n) is 1.64. The van der Waals surface area contributed by atoms with Crippen molar-refractivity contribution < 1.29 is 14.3 Å². The van der Waals surface area contributed by atoms with Crippen molar-refractivity contribution in [3.8, 4) is 18.1 Å². The van der Waals surface area contributed by atoms with E-state index in [0.29, 0.717) is 6.61 Å². The maximum Gasteiger partial charge on any atom is 0.331 e. The first-order valence-corrected chi connectivity index (χ1v) is 6.69. The smallest absolute Gasteiger partial charge is 0.331 e. The van der Waals surface area contributed by atoms with Gasteiger partial charge in [-0.15, -0.1) is 6.42 Å². The van der Waals surface area contributed by atoms with Crippen molar-refractivity contribution in [1.82, 2.24) is 4.98 Å². The number of hydrogen-bond acceptors (Lipinski definition) is 4. The Morgan fingerprint density at radius 2 is 2.05 bits per heavy atom. The van der Waals surface area contributed by atoms with E-state index in [9.17, 15) is 4.79 Å². The van der Waals surface area contributed by atoms with E-state index in [1.807, 2.05) is 42.5 Å². The number of terminal acetylenes is 1. The molecule has 0 radical (unpaired) electrons. The largest absolute Gasteiger partial charge is 0.487 e. The summed E-state index contributed by atoms with van der Waals surface area (Å²) in [4.78, 5) is 15.4. The van der Waals surface area contributed by atoms with Gasteiger partial charge in [0, 0.05) is 12.3 Å². The van der Waals surface area contributed by atoms with Gasteiger partial charge >= 0.3 is 5.97 Å². The minimum atomic E-state index is -0.464. The van der Waals surface area contributed by atoms with Crippen molar-refractivity contribution >= 4 is 12.0 Å². The number of aromatic nitrogens is 1. The highest BCUT2D eigenvalue weighted by molar-refractivity contribution is 5.87. The van der Waals surface area contributed by atoms with Crippen molar-refractivity contribution in [2.45, 2.75) is 6.61 Å². The molecular weight excluding hydrogens is 278 g/mol. The molecule has 4 heteroatoms. The number of carbonyl (C=O) groups excluding carboxylic acids is 1. The summed E-state index contributed by atoms with van der Waals surface area (Å²) in [6.45, 7) is 0.387. The Hall–Kier alpha value is -3.06. The van der Waals surface area contributed by atoms with Crippen molar-refractivity contribution in [2.24, 2.45) is 0 Å². The lowest BCUT2D eigenvalue weighted by molar-refractivity contribution is -0.136. The van der Waals surface area contributed by atoms with Gasteiger partial charge in [-0.2, -0.15) is 0 Å². The third-order valence-electron chi connectivity index (χ3n) is 2.70. The van der Waals surface area contributed by atoms with Crippen LogP contribution >= 0.6 is 0 Å². The summed E-state index contributed by atoms with van der Waals surface area (Å²) in [5.41, 5.74) is 1.73. The minimum absolute atomic E-state index is 0.0243.